The van der Waals surface area contributed by atoms with Crippen molar-refractivity contribution in [1.82, 2.24) is 4.90 Å². The van der Waals surface area contributed by atoms with Crippen molar-refractivity contribution in [3.63, 3.8) is 0 Å². The van der Waals surface area contributed by atoms with Gasteiger partial charge in [0.05, 0.1) is 32.8 Å². The van der Waals surface area contributed by atoms with E-state index in [1.807, 2.05) is 42.5 Å². The van der Waals surface area contributed by atoms with Gasteiger partial charge in [-0.25, -0.2) is 0 Å². The molecule has 1 amide bonds. The maximum Gasteiger partial charge on any atom is 0.234 e. The first kappa shape index (κ1) is 24.5. The number of fused-ring (bicyclic) bond motifs is 1. The molecule has 3 aromatic carbocycles. The Balaban J connectivity index is 1.63. The minimum absolute atomic E-state index is 0.184. The minimum atomic E-state index is -0.538. The van der Waals surface area contributed by atoms with E-state index >= 15 is 0 Å². The summed E-state index contributed by atoms with van der Waals surface area (Å²) in [6.07, 6.45) is 4.52. The van der Waals surface area contributed by atoms with Crippen LogP contribution in [0.2, 0.25) is 5.02 Å². The molecule has 1 fully saturated rings. The van der Waals surface area contributed by atoms with Gasteiger partial charge in [0.1, 0.15) is 5.75 Å². The van der Waals surface area contributed by atoms with E-state index < -0.39 is 5.41 Å². The highest BCUT2D eigenvalue weighted by Gasteiger charge is 2.47. The van der Waals surface area contributed by atoms with E-state index in [4.69, 9.17) is 25.8 Å². The predicted octanol–water partition coefficient (Wildman–Crippen LogP) is 6.35. The monoisotopic (exact) mass is 505 g/mol. The number of hydrogen-bond acceptors (Lipinski definition) is 4. The molecule has 1 aliphatic carbocycles. The summed E-state index contributed by atoms with van der Waals surface area (Å²) in [4.78, 5) is 16.7. The fourth-order valence-corrected chi connectivity index (χ4v) is 6.08. The number of amides is 1. The normalized spacial score (nSPS) is 18.4. The number of benzene rings is 3. The highest BCUT2D eigenvalue weighted by molar-refractivity contribution is 6.30. The van der Waals surface area contributed by atoms with Crippen molar-refractivity contribution >= 4 is 17.5 Å². The number of nitrogens with zero attached hydrogens (tertiary/aromatic N) is 1. The Labute approximate surface area is 217 Å². The molecular formula is C30H32ClNO4. The Morgan fingerprint density at radius 2 is 1.53 bits per heavy atom. The molecule has 1 atom stereocenters. The van der Waals surface area contributed by atoms with E-state index in [0.29, 0.717) is 23.1 Å². The second-order valence-electron chi connectivity index (χ2n) is 9.63. The number of carbonyl (C=O) groups is 1. The van der Waals surface area contributed by atoms with Gasteiger partial charge in [0, 0.05) is 11.6 Å². The maximum atomic E-state index is 14.6. The summed E-state index contributed by atoms with van der Waals surface area (Å²) in [5, 5.41) is 0.684. The first-order valence-electron chi connectivity index (χ1n) is 12.5. The highest BCUT2D eigenvalue weighted by Crippen LogP contribution is 2.47. The molecule has 5 nitrogen and oxygen atoms in total. The van der Waals surface area contributed by atoms with Gasteiger partial charge in [0.2, 0.25) is 5.91 Å². The molecule has 0 saturated heterocycles. The van der Waals surface area contributed by atoms with Gasteiger partial charge in [-0.2, -0.15) is 0 Å². The second kappa shape index (κ2) is 10.1. The van der Waals surface area contributed by atoms with Crippen LogP contribution in [0.4, 0.5) is 0 Å². The van der Waals surface area contributed by atoms with Gasteiger partial charge >= 0.3 is 0 Å². The Morgan fingerprint density at radius 3 is 2.14 bits per heavy atom. The third-order valence-electron chi connectivity index (χ3n) is 7.83. The molecule has 36 heavy (non-hydrogen) atoms. The molecule has 0 aromatic heterocycles. The molecule has 5 rings (SSSR count). The third kappa shape index (κ3) is 4.20. The maximum absolute atomic E-state index is 14.6. The first-order chi connectivity index (χ1) is 17.5. The van der Waals surface area contributed by atoms with E-state index in [9.17, 15) is 4.79 Å². The lowest BCUT2D eigenvalue weighted by Gasteiger charge is -2.43. The topological polar surface area (TPSA) is 48.0 Å². The van der Waals surface area contributed by atoms with Gasteiger partial charge in [-0.15, -0.1) is 0 Å². The molecule has 0 spiro atoms. The van der Waals surface area contributed by atoms with Crippen LogP contribution in [0.3, 0.4) is 0 Å². The van der Waals surface area contributed by atoms with Gasteiger partial charge in [-0.3, -0.25) is 4.79 Å². The van der Waals surface area contributed by atoms with Gasteiger partial charge in [-0.1, -0.05) is 48.7 Å². The average Bonchev–Trinajstić information content (AvgIpc) is 3.43. The summed E-state index contributed by atoms with van der Waals surface area (Å²) < 4.78 is 16.6. The van der Waals surface area contributed by atoms with Crippen molar-refractivity contribution in [3.8, 4) is 17.2 Å². The van der Waals surface area contributed by atoms with Gasteiger partial charge in [-0.05, 0) is 77.9 Å². The lowest BCUT2D eigenvalue weighted by atomic mass is 9.76. The predicted molar refractivity (Wildman–Crippen MR) is 141 cm³/mol. The second-order valence-corrected chi connectivity index (χ2v) is 10.1. The number of rotatable bonds is 6. The van der Waals surface area contributed by atoms with Crippen molar-refractivity contribution in [2.45, 2.75) is 43.6 Å². The molecule has 1 heterocycles. The zero-order chi connectivity index (χ0) is 25.3. The summed E-state index contributed by atoms with van der Waals surface area (Å²) in [5.74, 6) is 2.34. The number of methoxy groups -OCH3 is 3. The van der Waals surface area contributed by atoms with Crippen LogP contribution in [-0.4, -0.2) is 38.7 Å². The molecular weight excluding hydrogens is 474 g/mol. The van der Waals surface area contributed by atoms with Crippen LogP contribution in [0, 0.1) is 0 Å². The van der Waals surface area contributed by atoms with E-state index in [0.717, 1.165) is 54.5 Å². The number of hydrogen-bond donors (Lipinski definition) is 0. The summed E-state index contributed by atoms with van der Waals surface area (Å²) >= 11 is 6.20. The van der Waals surface area contributed by atoms with Crippen LogP contribution in [0.1, 0.15) is 54.0 Å². The SMILES string of the molecule is COc1ccc([C@H]2c3cc(OC)c(OC)cc3CCN2C(=O)C2(c3ccc(Cl)cc3)CCCC2)cc1. The van der Waals surface area contributed by atoms with Crippen molar-refractivity contribution in [3.05, 3.63) is 87.9 Å². The Morgan fingerprint density at radius 1 is 0.889 bits per heavy atom. The van der Waals surface area contributed by atoms with Crippen LogP contribution in [-0.2, 0) is 16.6 Å². The van der Waals surface area contributed by atoms with Gasteiger partial charge in [0.15, 0.2) is 11.5 Å². The number of halogens is 1. The number of ether oxygens (including phenoxy) is 3. The zero-order valence-corrected chi connectivity index (χ0v) is 21.8. The molecule has 1 aliphatic heterocycles. The molecule has 1 saturated carbocycles. The van der Waals surface area contributed by atoms with Crippen LogP contribution < -0.4 is 14.2 Å². The van der Waals surface area contributed by atoms with Crippen molar-refractivity contribution in [1.29, 1.82) is 0 Å². The highest BCUT2D eigenvalue weighted by atomic mass is 35.5. The van der Waals surface area contributed by atoms with Crippen LogP contribution in [0.5, 0.6) is 17.2 Å². The van der Waals surface area contributed by atoms with E-state index in [2.05, 4.69) is 23.1 Å². The molecule has 6 heteroatoms. The average molecular weight is 506 g/mol. The lowest BCUT2D eigenvalue weighted by molar-refractivity contribution is -0.139. The third-order valence-corrected chi connectivity index (χ3v) is 8.08. The Bertz CT molecular complexity index is 1230. The quantitative estimate of drug-likeness (QED) is 0.391. The summed E-state index contributed by atoms with van der Waals surface area (Å²) in [6, 6.07) is 19.7. The van der Waals surface area contributed by atoms with Gasteiger partial charge < -0.3 is 19.1 Å². The minimum Gasteiger partial charge on any atom is -0.497 e. The van der Waals surface area contributed by atoms with E-state index in [1.165, 1.54) is 5.56 Å². The van der Waals surface area contributed by atoms with Crippen molar-refractivity contribution in [2.24, 2.45) is 0 Å². The molecule has 3 aromatic rings. The largest absolute Gasteiger partial charge is 0.497 e. The zero-order valence-electron chi connectivity index (χ0n) is 21.1. The summed E-state index contributed by atoms with van der Waals surface area (Å²) in [6.45, 7) is 0.632. The van der Waals surface area contributed by atoms with Crippen molar-refractivity contribution < 1.29 is 19.0 Å². The van der Waals surface area contributed by atoms with Crippen LogP contribution in [0.15, 0.2) is 60.7 Å². The lowest BCUT2D eigenvalue weighted by Crippen LogP contribution is -2.49. The van der Waals surface area contributed by atoms with Crippen LogP contribution in [0.25, 0.3) is 0 Å². The standard InChI is InChI=1S/C30H32ClNO4/c1-34-24-12-6-20(7-13-24)28-25-19-27(36-3)26(35-2)18-21(25)14-17-32(28)29(33)30(15-4-5-16-30)22-8-10-23(31)11-9-22/h6-13,18-19,28H,4-5,14-17H2,1-3H3/t28-/m0/s1. The van der Waals surface area contributed by atoms with Crippen molar-refractivity contribution in [2.75, 3.05) is 27.9 Å². The first-order valence-corrected chi connectivity index (χ1v) is 12.8. The molecule has 0 N–H and O–H groups in total. The molecule has 0 radical (unpaired) electrons. The molecule has 188 valence electrons. The fourth-order valence-electron chi connectivity index (χ4n) is 5.96. The fraction of sp³-hybridized carbons (Fsp3) is 0.367. The summed E-state index contributed by atoms with van der Waals surface area (Å²) in [5.41, 5.74) is 3.80. The molecule has 2 aliphatic rings. The van der Waals surface area contributed by atoms with E-state index in [1.54, 1.807) is 21.3 Å². The van der Waals surface area contributed by atoms with Crippen LogP contribution >= 0.6 is 11.6 Å². The number of carbonyl (C=O) groups excluding carboxylic acids is 1. The molecule has 0 bridgehead atoms. The smallest absolute Gasteiger partial charge is 0.234 e. The Kier molecular flexibility index (Phi) is 6.85. The molecule has 0 unspecified atom stereocenters. The summed E-state index contributed by atoms with van der Waals surface area (Å²) in [7, 11) is 4.96. The van der Waals surface area contributed by atoms with Gasteiger partial charge in [0.25, 0.3) is 0 Å². The van der Waals surface area contributed by atoms with E-state index in [-0.39, 0.29) is 11.9 Å². The Hall–Kier alpha value is -3.18.